The molecule has 1 aliphatic rings. The number of hydrogen-bond donors (Lipinski definition) is 0. The number of morpholine rings is 1. The van der Waals surface area contributed by atoms with Crippen LogP contribution in [0.1, 0.15) is 0 Å². The second-order valence-electron chi connectivity index (χ2n) is 2.07. The van der Waals surface area contributed by atoms with Crippen molar-refractivity contribution < 1.29 is 9.53 Å². The summed E-state index contributed by atoms with van der Waals surface area (Å²) in [6.45, 7) is 2.87. The van der Waals surface area contributed by atoms with Gasteiger partial charge in [-0.25, -0.2) is 0 Å². The van der Waals surface area contributed by atoms with E-state index in [1.54, 1.807) is 6.26 Å². The minimum atomic E-state index is 0.156. The van der Waals surface area contributed by atoms with Crippen LogP contribution in [0.15, 0.2) is 0 Å². The SMILES string of the molecule is CSC(=O)N1CCOCC1. The molecular weight excluding hydrogens is 150 g/mol. The first-order valence-corrected chi connectivity index (χ1v) is 4.47. The number of carbonyl (C=O) groups excluding carboxylic acids is 1. The third kappa shape index (κ3) is 1.88. The zero-order valence-electron chi connectivity index (χ0n) is 6.00. The van der Waals surface area contributed by atoms with Crippen molar-refractivity contribution in [1.29, 1.82) is 0 Å². The highest BCUT2D eigenvalue weighted by Gasteiger charge is 2.14. The van der Waals surface area contributed by atoms with E-state index in [0.717, 1.165) is 13.1 Å². The van der Waals surface area contributed by atoms with Crippen molar-refractivity contribution in [2.45, 2.75) is 0 Å². The van der Waals surface area contributed by atoms with E-state index < -0.39 is 0 Å². The Morgan fingerprint density at radius 2 is 2.10 bits per heavy atom. The number of rotatable bonds is 0. The highest BCUT2D eigenvalue weighted by atomic mass is 32.2. The molecule has 10 heavy (non-hydrogen) atoms. The van der Waals surface area contributed by atoms with Crippen LogP contribution in [0, 0.1) is 0 Å². The van der Waals surface area contributed by atoms with Gasteiger partial charge in [0.1, 0.15) is 0 Å². The molecule has 0 aliphatic carbocycles. The Morgan fingerprint density at radius 3 is 2.60 bits per heavy atom. The lowest BCUT2D eigenvalue weighted by atomic mass is 10.5. The van der Waals surface area contributed by atoms with Crippen molar-refractivity contribution in [3.8, 4) is 0 Å². The van der Waals surface area contributed by atoms with Crippen LogP contribution in [0.3, 0.4) is 0 Å². The normalized spacial score (nSPS) is 19.1. The lowest BCUT2D eigenvalue weighted by Gasteiger charge is -2.25. The number of thioether (sulfide) groups is 1. The molecule has 1 fully saturated rings. The number of carbonyl (C=O) groups is 1. The molecule has 1 aliphatic heterocycles. The molecule has 0 unspecified atom stereocenters. The molecule has 0 spiro atoms. The van der Waals surface area contributed by atoms with Gasteiger partial charge >= 0.3 is 0 Å². The number of hydrogen-bond acceptors (Lipinski definition) is 3. The molecule has 58 valence electrons. The van der Waals surface area contributed by atoms with Crippen LogP contribution in [0.5, 0.6) is 0 Å². The minimum absolute atomic E-state index is 0.156. The lowest BCUT2D eigenvalue weighted by Crippen LogP contribution is -2.38. The molecule has 1 rings (SSSR count). The average molecular weight is 161 g/mol. The van der Waals surface area contributed by atoms with E-state index in [1.165, 1.54) is 11.8 Å². The van der Waals surface area contributed by atoms with Crippen LogP contribution in [-0.4, -0.2) is 42.7 Å². The van der Waals surface area contributed by atoms with Crippen molar-refractivity contribution in [3.05, 3.63) is 0 Å². The van der Waals surface area contributed by atoms with Crippen LogP contribution >= 0.6 is 11.8 Å². The van der Waals surface area contributed by atoms with Gasteiger partial charge in [0, 0.05) is 13.1 Å². The van der Waals surface area contributed by atoms with Gasteiger partial charge in [0.05, 0.1) is 13.2 Å². The van der Waals surface area contributed by atoms with Gasteiger partial charge in [0.15, 0.2) is 0 Å². The average Bonchev–Trinajstić information content (AvgIpc) is 2.05. The highest BCUT2D eigenvalue weighted by Crippen LogP contribution is 2.06. The van der Waals surface area contributed by atoms with Gasteiger partial charge in [-0.2, -0.15) is 0 Å². The van der Waals surface area contributed by atoms with Gasteiger partial charge in [-0.15, -0.1) is 0 Å². The fraction of sp³-hybridized carbons (Fsp3) is 0.833. The third-order valence-electron chi connectivity index (χ3n) is 1.44. The lowest BCUT2D eigenvalue weighted by molar-refractivity contribution is 0.0593. The Kier molecular flexibility index (Phi) is 3.02. The molecule has 4 heteroatoms. The molecule has 0 aromatic heterocycles. The Labute approximate surface area is 64.7 Å². The molecule has 0 atom stereocenters. The number of nitrogens with zero attached hydrogens (tertiary/aromatic N) is 1. The maximum atomic E-state index is 11.0. The fourth-order valence-corrected chi connectivity index (χ4v) is 1.32. The second kappa shape index (κ2) is 3.83. The van der Waals surface area contributed by atoms with Crippen molar-refractivity contribution in [1.82, 2.24) is 4.90 Å². The zero-order valence-corrected chi connectivity index (χ0v) is 6.82. The maximum Gasteiger partial charge on any atom is 0.281 e. The van der Waals surface area contributed by atoms with Crippen LogP contribution in [-0.2, 0) is 4.74 Å². The quantitative estimate of drug-likeness (QED) is 0.526. The van der Waals surface area contributed by atoms with E-state index in [0.29, 0.717) is 13.2 Å². The summed E-state index contributed by atoms with van der Waals surface area (Å²) in [6, 6.07) is 0. The smallest absolute Gasteiger partial charge is 0.281 e. The first kappa shape index (κ1) is 7.88. The van der Waals surface area contributed by atoms with Gasteiger partial charge in [-0.05, 0) is 6.26 Å². The molecule has 0 radical (unpaired) electrons. The Balaban J connectivity index is 2.31. The zero-order chi connectivity index (χ0) is 7.40. The van der Waals surface area contributed by atoms with Crippen molar-refractivity contribution in [2.24, 2.45) is 0 Å². The van der Waals surface area contributed by atoms with Crippen LogP contribution < -0.4 is 0 Å². The summed E-state index contributed by atoms with van der Waals surface area (Å²) in [4.78, 5) is 12.8. The first-order valence-electron chi connectivity index (χ1n) is 3.25. The molecule has 0 aromatic rings. The number of ether oxygens (including phenoxy) is 1. The third-order valence-corrected chi connectivity index (χ3v) is 2.05. The summed E-state index contributed by atoms with van der Waals surface area (Å²) in [5, 5.41) is 0.156. The van der Waals surface area contributed by atoms with Crippen molar-refractivity contribution in [3.63, 3.8) is 0 Å². The Bertz CT molecular complexity index is 123. The van der Waals surface area contributed by atoms with Crippen LogP contribution in [0.25, 0.3) is 0 Å². The van der Waals surface area contributed by atoms with Crippen LogP contribution in [0.4, 0.5) is 4.79 Å². The van der Waals surface area contributed by atoms with E-state index >= 15 is 0 Å². The number of amides is 1. The summed E-state index contributed by atoms with van der Waals surface area (Å²) in [5.74, 6) is 0. The van der Waals surface area contributed by atoms with Gasteiger partial charge < -0.3 is 9.64 Å². The standard InChI is InChI=1S/C6H11NO2S/c1-10-6(8)7-2-4-9-5-3-7/h2-5H2,1H3. The van der Waals surface area contributed by atoms with Gasteiger partial charge in [0.25, 0.3) is 5.24 Å². The molecule has 0 aromatic carbocycles. The molecule has 3 nitrogen and oxygen atoms in total. The summed E-state index contributed by atoms with van der Waals surface area (Å²) in [7, 11) is 0. The molecule has 1 saturated heterocycles. The Morgan fingerprint density at radius 1 is 1.50 bits per heavy atom. The molecule has 0 N–H and O–H groups in total. The molecular formula is C6H11NO2S. The first-order chi connectivity index (χ1) is 4.84. The van der Waals surface area contributed by atoms with Gasteiger partial charge in [-0.3, -0.25) is 4.79 Å². The molecule has 1 heterocycles. The van der Waals surface area contributed by atoms with E-state index in [9.17, 15) is 4.79 Å². The minimum Gasteiger partial charge on any atom is -0.378 e. The predicted molar refractivity (Wildman–Crippen MR) is 41.3 cm³/mol. The monoisotopic (exact) mass is 161 g/mol. The van der Waals surface area contributed by atoms with E-state index in [2.05, 4.69) is 0 Å². The summed E-state index contributed by atoms with van der Waals surface area (Å²) in [6.07, 6.45) is 1.80. The maximum absolute atomic E-state index is 11.0. The summed E-state index contributed by atoms with van der Waals surface area (Å²) in [5.41, 5.74) is 0. The summed E-state index contributed by atoms with van der Waals surface area (Å²) < 4.78 is 5.09. The molecule has 0 bridgehead atoms. The van der Waals surface area contributed by atoms with E-state index in [4.69, 9.17) is 4.74 Å². The summed E-state index contributed by atoms with van der Waals surface area (Å²) >= 11 is 1.26. The topological polar surface area (TPSA) is 29.5 Å². The predicted octanol–water partition coefficient (Wildman–Crippen LogP) is 0.802. The van der Waals surface area contributed by atoms with Crippen LogP contribution in [0.2, 0.25) is 0 Å². The van der Waals surface area contributed by atoms with Crippen molar-refractivity contribution >= 4 is 17.0 Å². The molecule has 0 saturated carbocycles. The Hall–Kier alpha value is -0.220. The second-order valence-corrected chi connectivity index (χ2v) is 2.83. The van der Waals surface area contributed by atoms with Gasteiger partial charge in [-0.1, -0.05) is 11.8 Å². The van der Waals surface area contributed by atoms with Crippen molar-refractivity contribution in [2.75, 3.05) is 32.6 Å². The largest absolute Gasteiger partial charge is 0.378 e. The van der Waals surface area contributed by atoms with Gasteiger partial charge in [0.2, 0.25) is 0 Å². The van der Waals surface area contributed by atoms with E-state index in [-0.39, 0.29) is 5.24 Å². The highest BCUT2D eigenvalue weighted by molar-refractivity contribution is 8.12. The molecule has 1 amide bonds. The van der Waals surface area contributed by atoms with E-state index in [1.807, 2.05) is 4.90 Å². The fourth-order valence-electron chi connectivity index (χ4n) is 0.875.